The smallest absolute Gasteiger partial charge is 0.122 e. The summed E-state index contributed by atoms with van der Waals surface area (Å²) in [6.07, 6.45) is 0. The first-order valence-corrected chi connectivity index (χ1v) is 7.80. The lowest BCUT2D eigenvalue weighted by Crippen LogP contribution is -2.01. The van der Waals surface area contributed by atoms with Gasteiger partial charge in [-0.3, -0.25) is 0 Å². The minimum Gasteiger partial charge on any atom is -0.496 e. The number of hydrogen-bond acceptors (Lipinski definition) is 3. The maximum absolute atomic E-state index is 5.96. The van der Waals surface area contributed by atoms with Crippen LogP contribution in [-0.4, -0.2) is 7.11 Å². The van der Waals surface area contributed by atoms with Crippen molar-refractivity contribution in [3.05, 3.63) is 40.3 Å². The van der Waals surface area contributed by atoms with Gasteiger partial charge in [-0.15, -0.1) is 11.3 Å². The lowest BCUT2D eigenvalue weighted by atomic mass is 9.96. The van der Waals surface area contributed by atoms with E-state index in [0.29, 0.717) is 5.92 Å². The highest BCUT2D eigenvalue weighted by molar-refractivity contribution is 7.15. The van der Waals surface area contributed by atoms with E-state index in [1.165, 1.54) is 26.4 Å². The first-order valence-electron chi connectivity index (χ1n) is 6.98. The van der Waals surface area contributed by atoms with Gasteiger partial charge in [0.15, 0.2) is 0 Å². The Labute approximate surface area is 125 Å². The van der Waals surface area contributed by atoms with Gasteiger partial charge in [0.2, 0.25) is 0 Å². The molecule has 0 saturated heterocycles. The topological polar surface area (TPSA) is 35.2 Å². The fourth-order valence-corrected chi connectivity index (χ4v) is 3.38. The molecule has 0 fully saturated rings. The molecule has 2 nitrogen and oxygen atoms in total. The predicted molar refractivity (Wildman–Crippen MR) is 87.7 cm³/mol. The number of benzene rings is 1. The van der Waals surface area contributed by atoms with E-state index in [2.05, 4.69) is 45.0 Å². The van der Waals surface area contributed by atoms with Crippen LogP contribution in [-0.2, 0) is 0 Å². The molecule has 0 amide bonds. The highest BCUT2D eigenvalue weighted by atomic mass is 32.1. The third kappa shape index (κ3) is 2.89. The van der Waals surface area contributed by atoms with Crippen LogP contribution < -0.4 is 10.5 Å². The molecule has 1 aromatic heterocycles. The van der Waals surface area contributed by atoms with E-state index in [0.717, 1.165) is 5.75 Å². The molecule has 1 atom stereocenters. The van der Waals surface area contributed by atoms with Gasteiger partial charge in [-0.25, -0.2) is 0 Å². The molecule has 0 spiro atoms. The van der Waals surface area contributed by atoms with Crippen molar-refractivity contribution in [2.45, 2.75) is 39.7 Å². The molecular formula is C17H23NOS. The van der Waals surface area contributed by atoms with E-state index < -0.39 is 0 Å². The van der Waals surface area contributed by atoms with Crippen molar-refractivity contribution in [3.8, 4) is 16.2 Å². The molecule has 3 heteroatoms. The van der Waals surface area contributed by atoms with Crippen molar-refractivity contribution < 1.29 is 4.74 Å². The van der Waals surface area contributed by atoms with E-state index >= 15 is 0 Å². The molecule has 2 rings (SSSR count). The minimum atomic E-state index is 0.0943. The van der Waals surface area contributed by atoms with Gasteiger partial charge in [-0.1, -0.05) is 13.8 Å². The molecule has 0 bridgehead atoms. The van der Waals surface area contributed by atoms with E-state index in [-0.39, 0.29) is 6.04 Å². The average Bonchev–Trinajstić information content (AvgIpc) is 2.87. The normalized spacial score (nSPS) is 12.8. The van der Waals surface area contributed by atoms with Crippen LogP contribution in [0, 0.1) is 6.92 Å². The summed E-state index contributed by atoms with van der Waals surface area (Å²) in [6, 6.07) is 8.79. The average molecular weight is 289 g/mol. The van der Waals surface area contributed by atoms with Gasteiger partial charge in [0.25, 0.3) is 0 Å². The Morgan fingerprint density at radius 1 is 1.15 bits per heavy atom. The van der Waals surface area contributed by atoms with E-state index in [1.807, 2.05) is 6.92 Å². The summed E-state index contributed by atoms with van der Waals surface area (Å²) in [7, 11) is 1.74. The molecule has 2 N–H and O–H groups in total. The SMILES string of the molecule is COc1cc(C)c(-c2ccc(C(C)N)s2)cc1C(C)C. The lowest BCUT2D eigenvalue weighted by molar-refractivity contribution is 0.407. The first-order chi connectivity index (χ1) is 9.43. The summed E-state index contributed by atoms with van der Waals surface area (Å²) in [5, 5.41) is 0. The number of aryl methyl sites for hydroxylation is 1. The van der Waals surface area contributed by atoms with Crippen molar-refractivity contribution in [1.29, 1.82) is 0 Å². The molecule has 1 aromatic carbocycles. The van der Waals surface area contributed by atoms with Crippen LogP contribution >= 0.6 is 11.3 Å². The van der Waals surface area contributed by atoms with Gasteiger partial charge in [0.1, 0.15) is 5.75 Å². The van der Waals surface area contributed by atoms with Crippen LogP contribution in [0.5, 0.6) is 5.75 Å². The van der Waals surface area contributed by atoms with Crippen LogP contribution in [0.4, 0.5) is 0 Å². The highest BCUT2D eigenvalue weighted by Gasteiger charge is 2.14. The van der Waals surface area contributed by atoms with Crippen LogP contribution in [0.2, 0.25) is 0 Å². The van der Waals surface area contributed by atoms with Crippen molar-refractivity contribution in [2.75, 3.05) is 7.11 Å². The molecule has 1 heterocycles. The lowest BCUT2D eigenvalue weighted by Gasteiger charge is -2.15. The van der Waals surface area contributed by atoms with Crippen LogP contribution in [0.3, 0.4) is 0 Å². The Morgan fingerprint density at radius 2 is 1.85 bits per heavy atom. The zero-order valence-electron chi connectivity index (χ0n) is 12.9. The second kappa shape index (κ2) is 5.98. The van der Waals surface area contributed by atoms with Crippen LogP contribution in [0.15, 0.2) is 24.3 Å². The van der Waals surface area contributed by atoms with Gasteiger partial charge in [0.05, 0.1) is 7.11 Å². The number of methoxy groups -OCH3 is 1. The van der Waals surface area contributed by atoms with Crippen molar-refractivity contribution in [3.63, 3.8) is 0 Å². The monoisotopic (exact) mass is 289 g/mol. The Hall–Kier alpha value is -1.32. The number of rotatable bonds is 4. The largest absolute Gasteiger partial charge is 0.496 e. The zero-order chi connectivity index (χ0) is 14.9. The summed E-state index contributed by atoms with van der Waals surface area (Å²) < 4.78 is 5.51. The number of hydrogen-bond donors (Lipinski definition) is 1. The van der Waals surface area contributed by atoms with Gasteiger partial charge >= 0.3 is 0 Å². The second-order valence-corrected chi connectivity index (χ2v) is 6.67. The van der Waals surface area contributed by atoms with Crippen molar-refractivity contribution in [1.82, 2.24) is 0 Å². The van der Waals surface area contributed by atoms with E-state index in [1.54, 1.807) is 18.4 Å². The Morgan fingerprint density at radius 3 is 2.35 bits per heavy atom. The molecule has 1 unspecified atom stereocenters. The predicted octanol–water partition coefficient (Wildman–Crippen LogP) is 4.88. The summed E-state index contributed by atoms with van der Waals surface area (Å²) in [5.41, 5.74) is 9.73. The third-order valence-corrected chi connectivity index (χ3v) is 4.86. The van der Waals surface area contributed by atoms with Crippen molar-refractivity contribution >= 4 is 11.3 Å². The number of nitrogens with two attached hydrogens (primary N) is 1. The fourth-order valence-electron chi connectivity index (χ4n) is 2.33. The number of thiophene rings is 1. The summed E-state index contributed by atoms with van der Waals surface area (Å²) >= 11 is 1.78. The molecule has 0 aliphatic carbocycles. The highest BCUT2D eigenvalue weighted by Crippen LogP contribution is 2.38. The van der Waals surface area contributed by atoms with Gasteiger partial charge in [-0.05, 0) is 60.7 Å². The maximum Gasteiger partial charge on any atom is 0.122 e. The molecule has 0 saturated carbocycles. The molecule has 108 valence electrons. The molecule has 20 heavy (non-hydrogen) atoms. The second-order valence-electron chi connectivity index (χ2n) is 5.55. The van der Waals surface area contributed by atoms with E-state index in [9.17, 15) is 0 Å². The minimum absolute atomic E-state index is 0.0943. The van der Waals surface area contributed by atoms with Crippen LogP contribution in [0.1, 0.15) is 48.7 Å². The third-order valence-electron chi connectivity index (χ3n) is 3.54. The summed E-state index contributed by atoms with van der Waals surface area (Å²) in [4.78, 5) is 2.50. The Bertz CT molecular complexity index is 599. The Kier molecular flexibility index (Phi) is 4.51. The maximum atomic E-state index is 5.96. The van der Waals surface area contributed by atoms with Gasteiger partial charge in [-0.2, -0.15) is 0 Å². The summed E-state index contributed by atoms with van der Waals surface area (Å²) in [6.45, 7) is 8.54. The standard InChI is InChI=1S/C17H23NOS/c1-10(2)13-9-14(11(3)8-15(13)19-5)17-7-6-16(20-17)12(4)18/h6-10,12H,18H2,1-5H3. The Balaban J connectivity index is 2.52. The van der Waals surface area contributed by atoms with Gasteiger partial charge in [0, 0.05) is 15.8 Å². The molecule has 0 aliphatic heterocycles. The van der Waals surface area contributed by atoms with Crippen molar-refractivity contribution in [2.24, 2.45) is 5.73 Å². The molecule has 0 aliphatic rings. The van der Waals surface area contributed by atoms with E-state index in [4.69, 9.17) is 10.5 Å². The first kappa shape index (κ1) is 15.1. The number of ether oxygens (including phenoxy) is 1. The summed E-state index contributed by atoms with van der Waals surface area (Å²) in [5.74, 6) is 1.42. The quantitative estimate of drug-likeness (QED) is 0.871. The fraction of sp³-hybridized carbons (Fsp3) is 0.412. The zero-order valence-corrected chi connectivity index (χ0v) is 13.7. The molecule has 0 radical (unpaired) electrons. The van der Waals surface area contributed by atoms with Crippen LogP contribution in [0.25, 0.3) is 10.4 Å². The molecule has 2 aromatic rings. The molecular weight excluding hydrogens is 266 g/mol. The van der Waals surface area contributed by atoms with Gasteiger partial charge < -0.3 is 10.5 Å².